The van der Waals surface area contributed by atoms with Crippen molar-refractivity contribution in [2.75, 3.05) is 53.5 Å². The van der Waals surface area contributed by atoms with E-state index in [0.29, 0.717) is 0 Å². The lowest BCUT2D eigenvalue weighted by Gasteiger charge is -2.38. The number of quaternary nitrogens is 1. The van der Waals surface area contributed by atoms with Crippen LogP contribution < -0.4 is 5.11 Å². The minimum absolute atomic E-state index is 0.0419. The number of halogens is 11. The van der Waals surface area contributed by atoms with Gasteiger partial charge in [-0.3, -0.25) is 0 Å². The first kappa shape index (κ1) is 31.0. The summed E-state index contributed by atoms with van der Waals surface area (Å²) in [6, 6.07) is 0. The van der Waals surface area contributed by atoms with Crippen LogP contribution in [0.3, 0.4) is 0 Å². The normalized spacial score (nSPS) is 15.5. The molecule has 0 fully saturated rings. The second-order valence-corrected chi connectivity index (χ2v) is 9.29. The molecule has 0 rings (SSSR count). The molecule has 0 heterocycles. The lowest BCUT2D eigenvalue weighted by molar-refractivity contribution is -0.895. The third-order valence-corrected chi connectivity index (χ3v) is 6.34. The van der Waals surface area contributed by atoms with Crippen LogP contribution in [-0.4, -0.2) is 105 Å². The van der Waals surface area contributed by atoms with Crippen molar-refractivity contribution in [3.05, 3.63) is 0 Å². The van der Waals surface area contributed by atoms with E-state index in [9.17, 15) is 61.8 Å². The van der Waals surface area contributed by atoms with Gasteiger partial charge in [0.25, 0.3) is 10.0 Å². The Hall–Kier alpha value is -0.980. The van der Waals surface area contributed by atoms with Crippen LogP contribution in [0, 0.1) is 0 Å². The van der Waals surface area contributed by atoms with Crippen molar-refractivity contribution in [3.63, 3.8) is 0 Å². The maximum atomic E-state index is 14.1. The Labute approximate surface area is 175 Å². The van der Waals surface area contributed by atoms with E-state index in [0.717, 1.165) is 0 Å². The van der Waals surface area contributed by atoms with Gasteiger partial charge in [-0.15, -0.1) is 0 Å². The summed E-state index contributed by atoms with van der Waals surface area (Å²) in [5.41, 5.74) is 0. The summed E-state index contributed by atoms with van der Waals surface area (Å²) >= 11 is 0. The zero-order chi connectivity index (χ0) is 26.0. The van der Waals surface area contributed by atoms with Gasteiger partial charge < -0.3 is 14.7 Å². The third kappa shape index (κ3) is 5.56. The molecule has 194 valence electrons. The summed E-state index contributed by atoms with van der Waals surface area (Å²) < 4.78 is 168. The lowest BCUT2D eigenvalue weighted by Crippen LogP contribution is -2.69. The van der Waals surface area contributed by atoms with E-state index in [1.54, 1.807) is 0 Å². The zero-order valence-electron chi connectivity index (χ0n) is 16.6. The molecule has 0 spiro atoms. The van der Waals surface area contributed by atoms with Crippen LogP contribution in [0.2, 0.25) is 0 Å². The Kier molecular flexibility index (Phi) is 9.41. The van der Waals surface area contributed by atoms with E-state index in [1.165, 1.54) is 14.1 Å². The summed E-state index contributed by atoms with van der Waals surface area (Å²) in [5.74, 6) is -23.3. The largest absolute Gasteiger partial charge is 0.850 e. The summed E-state index contributed by atoms with van der Waals surface area (Å²) in [4.78, 5) is 0. The van der Waals surface area contributed by atoms with Gasteiger partial charge in [0.1, 0.15) is 0 Å². The van der Waals surface area contributed by atoms with Gasteiger partial charge in [0, 0.05) is 19.5 Å². The number of nitrogens with zero attached hydrogens (tertiary/aromatic N) is 2. The fourth-order valence-corrected chi connectivity index (χ4v) is 3.85. The van der Waals surface area contributed by atoms with Crippen molar-refractivity contribution in [3.8, 4) is 0 Å². The lowest BCUT2D eigenvalue weighted by atomic mass is 10.0. The molecule has 0 aromatic rings. The molecule has 0 saturated heterocycles. The Morgan fingerprint density at radius 3 is 1.66 bits per heavy atom. The Morgan fingerprint density at radius 1 is 0.812 bits per heavy atom. The molecule has 0 aromatic heterocycles. The molecule has 0 aromatic carbocycles. The van der Waals surface area contributed by atoms with E-state index in [-0.39, 0.29) is 17.6 Å². The highest BCUT2D eigenvalue weighted by Crippen LogP contribution is 2.58. The van der Waals surface area contributed by atoms with E-state index in [2.05, 4.69) is 0 Å². The van der Waals surface area contributed by atoms with Crippen LogP contribution in [0.1, 0.15) is 6.42 Å². The molecule has 0 aliphatic heterocycles. The van der Waals surface area contributed by atoms with Crippen LogP contribution in [0.25, 0.3) is 0 Å². The molecule has 6 nitrogen and oxygen atoms in total. The van der Waals surface area contributed by atoms with Crippen LogP contribution in [0.15, 0.2) is 0 Å². The molecular weight excluding hydrogens is 501 g/mol. The van der Waals surface area contributed by atoms with E-state index in [4.69, 9.17) is 5.11 Å². The minimum Gasteiger partial charge on any atom is -0.850 e. The van der Waals surface area contributed by atoms with Crippen molar-refractivity contribution in [2.45, 2.75) is 35.6 Å². The molecule has 0 unspecified atom stereocenters. The van der Waals surface area contributed by atoms with Gasteiger partial charge in [-0.1, -0.05) is 6.61 Å². The molecular formula is C14H21F11N2O4S. The van der Waals surface area contributed by atoms with Crippen molar-refractivity contribution < 1.29 is 71.4 Å². The maximum Gasteiger partial charge on any atom is 0.460 e. The van der Waals surface area contributed by atoms with Gasteiger partial charge >= 0.3 is 29.2 Å². The van der Waals surface area contributed by atoms with Crippen LogP contribution in [-0.2, 0) is 10.0 Å². The number of aliphatic hydroxyl groups excluding tert-OH is 1. The summed E-state index contributed by atoms with van der Waals surface area (Å²) in [6.45, 7) is -4.61. The summed E-state index contributed by atoms with van der Waals surface area (Å²) in [5, 5.41) is 12.3. The first-order valence-electron chi connectivity index (χ1n) is 8.56. The second kappa shape index (κ2) is 9.71. The van der Waals surface area contributed by atoms with Crippen molar-refractivity contribution in [2.24, 2.45) is 0 Å². The molecule has 0 atom stereocenters. The number of rotatable bonds is 13. The highest BCUT2D eigenvalue weighted by molar-refractivity contribution is 7.90. The average Bonchev–Trinajstić information content (AvgIpc) is 2.59. The quantitative estimate of drug-likeness (QED) is 0.294. The van der Waals surface area contributed by atoms with Gasteiger partial charge in [0.2, 0.25) is 0 Å². The summed E-state index contributed by atoms with van der Waals surface area (Å²) in [6.07, 6.45) is -7.88. The van der Waals surface area contributed by atoms with Crippen LogP contribution >= 0.6 is 0 Å². The van der Waals surface area contributed by atoms with Crippen molar-refractivity contribution >= 4 is 10.0 Å². The average molecular weight is 522 g/mol. The molecule has 0 aliphatic rings. The topological polar surface area (TPSA) is 80.7 Å². The monoisotopic (exact) mass is 522 g/mol. The molecule has 0 saturated carbocycles. The molecule has 0 radical (unpaired) electrons. The Bertz CT molecular complexity index is 727. The third-order valence-electron chi connectivity index (χ3n) is 4.39. The highest BCUT2D eigenvalue weighted by atomic mass is 32.2. The standard InChI is InChI=1S/C14H21F11N2O4S/c1-27(2,7-9-29)6-3-4-26(5-8-28)32(30,31)14(24,25)12(19,20)10(15,16)11(17,18)13(21,22)23/h28H,3-9H2,1-2H3. The van der Waals surface area contributed by atoms with Crippen molar-refractivity contribution in [1.82, 2.24) is 4.31 Å². The van der Waals surface area contributed by atoms with Crippen LogP contribution in [0.4, 0.5) is 48.3 Å². The molecule has 0 bridgehead atoms. The summed E-state index contributed by atoms with van der Waals surface area (Å²) in [7, 11) is -4.13. The number of aliphatic hydroxyl groups is 1. The number of hydrogen-bond donors (Lipinski definition) is 1. The number of hydrogen-bond acceptors (Lipinski definition) is 4. The molecule has 18 heteroatoms. The second-order valence-electron chi connectivity index (χ2n) is 7.31. The maximum absolute atomic E-state index is 14.1. The Balaban J connectivity index is 6.14. The Morgan fingerprint density at radius 2 is 1.28 bits per heavy atom. The predicted molar refractivity (Wildman–Crippen MR) is 84.7 cm³/mol. The molecule has 1 N–H and O–H groups in total. The first-order valence-corrected chi connectivity index (χ1v) is 10.0. The number of alkyl halides is 11. The van der Waals surface area contributed by atoms with E-state index in [1.807, 2.05) is 0 Å². The fraction of sp³-hybridized carbons (Fsp3) is 1.00. The molecule has 32 heavy (non-hydrogen) atoms. The fourth-order valence-electron chi connectivity index (χ4n) is 2.38. The smallest absolute Gasteiger partial charge is 0.460 e. The number of likely N-dealkylation sites (N-methyl/N-ethyl adjacent to an activating group) is 1. The van der Waals surface area contributed by atoms with E-state index < -0.39 is 76.3 Å². The van der Waals surface area contributed by atoms with Gasteiger partial charge in [0.05, 0.1) is 33.8 Å². The number of sulfonamides is 1. The van der Waals surface area contributed by atoms with Gasteiger partial charge in [-0.2, -0.15) is 52.6 Å². The highest BCUT2D eigenvalue weighted by Gasteiger charge is 2.89. The molecule has 0 amide bonds. The van der Waals surface area contributed by atoms with E-state index >= 15 is 0 Å². The van der Waals surface area contributed by atoms with Crippen LogP contribution in [0.5, 0.6) is 0 Å². The SMILES string of the molecule is C[N+](C)(CC[O-])CCCN(CCO)S(=O)(=O)C(F)(F)C(F)(F)C(F)(F)C(F)(F)C(F)(F)F. The van der Waals surface area contributed by atoms with Gasteiger partial charge in [0.15, 0.2) is 0 Å². The zero-order valence-corrected chi connectivity index (χ0v) is 17.4. The van der Waals surface area contributed by atoms with Crippen molar-refractivity contribution in [1.29, 1.82) is 0 Å². The minimum atomic E-state index is -7.87. The first-order chi connectivity index (χ1) is 14.0. The molecule has 0 aliphatic carbocycles. The van der Waals surface area contributed by atoms with Gasteiger partial charge in [-0.25, -0.2) is 8.42 Å². The predicted octanol–water partition coefficient (Wildman–Crippen LogP) is 1.50. The van der Waals surface area contributed by atoms with Gasteiger partial charge in [-0.05, 0) is 0 Å².